The molecule has 4 nitrogen and oxygen atoms in total. The van der Waals surface area contributed by atoms with E-state index in [4.69, 9.17) is 19.9 Å². The highest BCUT2D eigenvalue weighted by Crippen LogP contribution is 2.56. The number of hydrogen-bond acceptors (Lipinski definition) is 4. The summed E-state index contributed by atoms with van der Waals surface area (Å²) in [5, 5.41) is 3.23. The molecular formula is C53H34F6N4. The molecule has 0 saturated heterocycles. The van der Waals surface area contributed by atoms with Crippen molar-refractivity contribution in [2.45, 2.75) is 31.6 Å². The Morgan fingerprint density at radius 1 is 0.286 bits per heavy atom. The van der Waals surface area contributed by atoms with Gasteiger partial charge in [0.25, 0.3) is 0 Å². The first-order chi connectivity index (χ1) is 30.3. The van der Waals surface area contributed by atoms with Crippen LogP contribution in [0.3, 0.4) is 0 Å². The fourth-order valence-corrected chi connectivity index (χ4v) is 8.39. The Bertz CT molecular complexity index is 3130. The molecule has 0 N–H and O–H groups in total. The number of rotatable bonds is 6. The second-order valence-corrected chi connectivity index (χ2v) is 15.8. The zero-order valence-corrected chi connectivity index (χ0v) is 33.7. The lowest BCUT2D eigenvalue weighted by Crippen LogP contribution is -2.54. The highest BCUT2D eigenvalue weighted by atomic mass is 19.4. The molecule has 308 valence electrons. The second kappa shape index (κ2) is 14.9. The third kappa shape index (κ3) is 6.82. The fourth-order valence-electron chi connectivity index (χ4n) is 8.39. The molecule has 0 aliphatic heterocycles. The van der Waals surface area contributed by atoms with Gasteiger partial charge >= 0.3 is 12.4 Å². The molecule has 0 radical (unpaired) electrons. The Morgan fingerprint density at radius 2 is 0.508 bits per heavy atom. The summed E-state index contributed by atoms with van der Waals surface area (Å²) in [6.45, 7) is 4.00. The normalized spacial score (nSPS) is 12.4. The Morgan fingerprint density at radius 3 is 0.746 bits per heavy atom. The van der Waals surface area contributed by atoms with Gasteiger partial charge in [0.15, 0.2) is 0 Å². The van der Waals surface area contributed by atoms with Crippen molar-refractivity contribution in [3.8, 4) is 45.0 Å². The van der Waals surface area contributed by atoms with Crippen molar-refractivity contribution in [2.75, 3.05) is 0 Å². The van der Waals surface area contributed by atoms with Gasteiger partial charge in [-0.25, -0.2) is 19.9 Å². The Hall–Kier alpha value is -7.46. The van der Waals surface area contributed by atoms with E-state index in [1.165, 1.54) is 24.3 Å². The number of fused-ring (bicyclic) bond motifs is 6. The second-order valence-electron chi connectivity index (χ2n) is 15.8. The topological polar surface area (TPSA) is 51.6 Å². The van der Waals surface area contributed by atoms with Crippen LogP contribution in [0.1, 0.15) is 22.3 Å². The van der Waals surface area contributed by atoms with Gasteiger partial charge in [-0.15, -0.1) is 0 Å². The van der Waals surface area contributed by atoms with Crippen molar-refractivity contribution in [2.24, 2.45) is 0 Å². The summed E-state index contributed by atoms with van der Waals surface area (Å²) in [7, 11) is 0. The van der Waals surface area contributed by atoms with E-state index in [2.05, 4.69) is 0 Å². The minimum atomic E-state index is -5.77. The predicted octanol–water partition coefficient (Wildman–Crippen LogP) is 14.6. The summed E-state index contributed by atoms with van der Waals surface area (Å²) in [6, 6.07) is 46.9. The zero-order chi connectivity index (χ0) is 43.7. The molecule has 0 bridgehead atoms. The molecule has 0 saturated carbocycles. The molecule has 0 unspecified atom stereocenters. The van der Waals surface area contributed by atoms with Crippen LogP contribution in [0.25, 0.3) is 88.6 Å². The number of hydrogen-bond donors (Lipinski definition) is 0. The van der Waals surface area contributed by atoms with Crippen molar-refractivity contribution in [1.29, 1.82) is 0 Å². The van der Waals surface area contributed by atoms with E-state index >= 15 is 26.3 Å². The Balaban J connectivity index is 1.02. The number of nitrogens with zero attached hydrogens (tertiary/aromatic N) is 4. The number of aromatic nitrogens is 4. The Kier molecular flexibility index (Phi) is 9.36. The monoisotopic (exact) mass is 840 g/mol. The minimum Gasteiger partial charge on any atom is -0.245 e. The maximum absolute atomic E-state index is 15.3. The molecule has 0 aliphatic carbocycles. The lowest BCUT2D eigenvalue weighted by atomic mass is 9.72. The van der Waals surface area contributed by atoms with Crippen molar-refractivity contribution < 1.29 is 26.3 Å². The van der Waals surface area contributed by atoms with Crippen molar-refractivity contribution >= 4 is 43.6 Å². The lowest BCUT2D eigenvalue weighted by molar-refractivity contribution is -0.288. The van der Waals surface area contributed by atoms with Crippen LogP contribution in [0.15, 0.2) is 170 Å². The average molecular weight is 841 g/mol. The highest BCUT2D eigenvalue weighted by Gasteiger charge is 2.72. The van der Waals surface area contributed by atoms with Gasteiger partial charge in [-0.2, -0.15) is 26.3 Å². The average Bonchev–Trinajstić information content (AvgIpc) is 3.28. The van der Waals surface area contributed by atoms with Crippen LogP contribution in [0, 0.1) is 13.8 Å². The van der Waals surface area contributed by atoms with Crippen molar-refractivity contribution in [3.63, 3.8) is 0 Å². The van der Waals surface area contributed by atoms with Gasteiger partial charge in [0.1, 0.15) is 0 Å². The third-order valence-electron chi connectivity index (χ3n) is 11.8. The van der Waals surface area contributed by atoms with Crippen LogP contribution in [-0.4, -0.2) is 32.3 Å². The van der Waals surface area contributed by atoms with Gasteiger partial charge in [0, 0.05) is 43.8 Å². The summed E-state index contributed by atoms with van der Waals surface area (Å²) >= 11 is 0. The zero-order valence-electron chi connectivity index (χ0n) is 33.7. The molecule has 63 heavy (non-hydrogen) atoms. The minimum absolute atomic E-state index is 0.344. The first kappa shape index (κ1) is 39.7. The van der Waals surface area contributed by atoms with Crippen LogP contribution in [0.5, 0.6) is 0 Å². The summed E-state index contributed by atoms with van der Waals surface area (Å²) in [5.41, 5.74) is 3.03. The molecule has 0 amide bonds. The van der Waals surface area contributed by atoms with Crippen LogP contribution < -0.4 is 0 Å². The molecule has 0 fully saturated rings. The molecule has 10 aromatic rings. The van der Waals surface area contributed by atoms with E-state index in [1.807, 2.05) is 123 Å². The maximum atomic E-state index is 15.3. The van der Waals surface area contributed by atoms with Crippen LogP contribution >= 0.6 is 0 Å². The molecule has 4 aromatic heterocycles. The molecule has 10 heteroatoms. The van der Waals surface area contributed by atoms with Gasteiger partial charge in [0.2, 0.25) is 5.41 Å². The standard InChI is InChI=1S/C53H34F6N4/c1-31-3-7-33(8-4-31)43-27-19-37-11-13-39-21-29-45(62-49(39)47(37)60-43)35-15-23-41(24-16-35)51(52(54,55)56,53(57,58)59)42-25-17-36(18-26-42)46-30-22-40-14-12-38-20-28-44(61-48(38)50(40)63-46)34-9-5-32(2)6-10-34/h3-30H,1-2H3. The quantitative estimate of drug-likeness (QED) is 0.124. The summed E-state index contributed by atoms with van der Waals surface area (Å²) in [6.07, 6.45) is -11.5. The van der Waals surface area contributed by atoms with Gasteiger partial charge in [-0.05, 0) is 49.2 Å². The smallest absolute Gasteiger partial charge is 0.245 e. The number of alkyl halides is 6. The van der Waals surface area contributed by atoms with Crippen LogP contribution in [0.2, 0.25) is 0 Å². The molecule has 4 heterocycles. The van der Waals surface area contributed by atoms with Crippen molar-refractivity contribution in [3.05, 3.63) is 192 Å². The molecule has 0 spiro atoms. The van der Waals surface area contributed by atoms with E-state index in [9.17, 15) is 0 Å². The molecular weight excluding hydrogens is 807 g/mol. The number of halogens is 6. The van der Waals surface area contributed by atoms with Gasteiger partial charge in [-0.1, -0.05) is 157 Å². The number of benzene rings is 6. The van der Waals surface area contributed by atoms with Crippen molar-refractivity contribution in [1.82, 2.24) is 19.9 Å². The largest absolute Gasteiger partial charge is 0.411 e. The molecule has 0 atom stereocenters. The van der Waals surface area contributed by atoms with Gasteiger partial charge in [0.05, 0.1) is 44.8 Å². The van der Waals surface area contributed by atoms with E-state index in [0.717, 1.165) is 79.5 Å². The van der Waals surface area contributed by atoms with Gasteiger partial charge < -0.3 is 0 Å². The SMILES string of the molecule is Cc1ccc(-c2ccc3ccc4ccc(-c5ccc(C(c6ccc(-c7ccc8ccc9ccc(-c%10ccc(C)cc%10)nc9c8n7)cc6)(C(F)(F)F)C(F)(F)F)cc5)nc4c3n2)cc1. The van der Waals surface area contributed by atoms with E-state index in [1.54, 1.807) is 12.1 Å². The predicted molar refractivity (Wildman–Crippen MR) is 238 cm³/mol. The first-order valence-corrected chi connectivity index (χ1v) is 20.2. The molecule has 0 aliphatic rings. The van der Waals surface area contributed by atoms with E-state index < -0.39 is 28.9 Å². The number of aryl methyl sites for hydroxylation is 2. The van der Waals surface area contributed by atoms with Crippen LogP contribution in [-0.2, 0) is 5.41 Å². The maximum Gasteiger partial charge on any atom is 0.411 e. The Labute approximate surface area is 357 Å². The van der Waals surface area contributed by atoms with E-state index in [0.29, 0.717) is 44.6 Å². The van der Waals surface area contributed by atoms with Crippen LogP contribution in [0.4, 0.5) is 26.3 Å². The van der Waals surface area contributed by atoms with E-state index in [-0.39, 0.29) is 0 Å². The van der Waals surface area contributed by atoms with Gasteiger partial charge in [-0.3, -0.25) is 0 Å². The molecule has 6 aromatic carbocycles. The third-order valence-corrected chi connectivity index (χ3v) is 11.8. The highest BCUT2D eigenvalue weighted by molar-refractivity contribution is 6.05. The molecule has 10 rings (SSSR count). The lowest BCUT2D eigenvalue weighted by Gasteiger charge is -2.38. The summed E-state index contributed by atoms with van der Waals surface area (Å²) in [5.74, 6) is 0. The first-order valence-electron chi connectivity index (χ1n) is 20.2. The number of pyridine rings is 4. The summed E-state index contributed by atoms with van der Waals surface area (Å²) in [4.78, 5) is 19.5. The summed E-state index contributed by atoms with van der Waals surface area (Å²) < 4.78 is 92.0. The fraction of sp³-hybridized carbons (Fsp3) is 0.0943.